The van der Waals surface area contributed by atoms with Crippen LogP contribution in [-0.2, 0) is 21.4 Å². The third-order valence-electron chi connectivity index (χ3n) is 5.55. The van der Waals surface area contributed by atoms with Crippen LogP contribution in [0.15, 0.2) is 59.5 Å². The number of carbonyl (C=O) groups is 1. The van der Waals surface area contributed by atoms with Crippen molar-refractivity contribution in [3.8, 4) is 12.3 Å². The number of carbonyl (C=O) groups excluding carboxylic acids is 1. The van der Waals surface area contributed by atoms with Crippen LogP contribution in [0.1, 0.15) is 24.0 Å². The molecule has 2 aromatic carbocycles. The van der Waals surface area contributed by atoms with Crippen molar-refractivity contribution < 1.29 is 23.1 Å². The monoisotopic (exact) mass is 456 g/mol. The summed E-state index contributed by atoms with van der Waals surface area (Å²) in [6, 6.07) is 15.9. The summed E-state index contributed by atoms with van der Waals surface area (Å²) in [6.45, 7) is 2.28. The molecule has 8 heteroatoms. The van der Waals surface area contributed by atoms with Gasteiger partial charge in [-0.25, -0.2) is 13.2 Å². The molecule has 2 aromatic rings. The maximum Gasteiger partial charge on any atom is 0.410 e. The van der Waals surface area contributed by atoms with Crippen LogP contribution in [0.25, 0.3) is 0 Å². The Labute approximate surface area is 189 Å². The van der Waals surface area contributed by atoms with Gasteiger partial charge in [0.2, 0.25) is 10.0 Å². The average Bonchev–Trinajstić information content (AvgIpc) is 2.78. The van der Waals surface area contributed by atoms with Gasteiger partial charge in [-0.05, 0) is 37.5 Å². The highest BCUT2D eigenvalue weighted by atomic mass is 32.2. The van der Waals surface area contributed by atoms with E-state index in [1.165, 1.54) is 17.0 Å². The van der Waals surface area contributed by atoms with Crippen molar-refractivity contribution in [3.63, 3.8) is 0 Å². The summed E-state index contributed by atoms with van der Waals surface area (Å²) in [5, 5.41) is 11.1. The summed E-state index contributed by atoms with van der Waals surface area (Å²) in [4.78, 5) is 14.0. The Kier molecular flexibility index (Phi) is 7.56. The van der Waals surface area contributed by atoms with E-state index in [0.717, 1.165) is 15.4 Å². The number of aryl methyl sites for hydroxylation is 1. The standard InChI is InChI=1S/C24H28N2O5S/c1-3-15-26(32(29,30)22-11-9-20(2)10-12-22)19-24(28)13-16-25(17-14-24)23(27)31-18-21-7-5-4-6-8-21/h1,4-12,28H,13-19H2,2H3. The first-order valence-electron chi connectivity index (χ1n) is 10.4. The number of hydrogen-bond acceptors (Lipinski definition) is 5. The second kappa shape index (κ2) is 10.2. The molecule has 0 aliphatic carbocycles. The van der Waals surface area contributed by atoms with Crippen LogP contribution in [0.2, 0.25) is 0 Å². The largest absolute Gasteiger partial charge is 0.445 e. The zero-order valence-electron chi connectivity index (χ0n) is 18.1. The lowest BCUT2D eigenvalue weighted by Gasteiger charge is -2.39. The van der Waals surface area contributed by atoms with Gasteiger partial charge in [-0.2, -0.15) is 4.31 Å². The SMILES string of the molecule is C#CCN(CC1(O)CCN(C(=O)OCc2ccccc2)CC1)S(=O)(=O)c1ccc(C)cc1. The Morgan fingerprint density at radius 2 is 1.78 bits per heavy atom. The number of piperidine rings is 1. The van der Waals surface area contributed by atoms with Crippen LogP contribution in [0, 0.1) is 19.3 Å². The molecule has 1 saturated heterocycles. The van der Waals surface area contributed by atoms with E-state index in [-0.39, 0.29) is 50.5 Å². The second-order valence-corrected chi connectivity index (χ2v) is 9.98. The van der Waals surface area contributed by atoms with Gasteiger partial charge in [0.1, 0.15) is 6.61 Å². The maximum atomic E-state index is 13.1. The molecule has 3 rings (SSSR count). The van der Waals surface area contributed by atoms with E-state index in [1.54, 1.807) is 12.1 Å². The predicted molar refractivity (Wildman–Crippen MR) is 121 cm³/mol. The van der Waals surface area contributed by atoms with Crippen molar-refractivity contribution in [1.29, 1.82) is 0 Å². The fraction of sp³-hybridized carbons (Fsp3) is 0.375. The molecular weight excluding hydrogens is 428 g/mol. The van der Waals surface area contributed by atoms with Gasteiger partial charge in [0.05, 0.1) is 17.0 Å². The highest BCUT2D eigenvalue weighted by Gasteiger charge is 2.39. The minimum absolute atomic E-state index is 0.129. The third kappa shape index (κ3) is 5.88. The van der Waals surface area contributed by atoms with E-state index in [4.69, 9.17) is 11.2 Å². The van der Waals surface area contributed by atoms with E-state index in [2.05, 4.69) is 5.92 Å². The first-order valence-corrected chi connectivity index (χ1v) is 11.9. The van der Waals surface area contributed by atoms with Crippen molar-refractivity contribution >= 4 is 16.1 Å². The molecule has 0 radical (unpaired) electrons. The van der Waals surface area contributed by atoms with Crippen molar-refractivity contribution in [1.82, 2.24) is 9.21 Å². The molecule has 170 valence electrons. The number of amides is 1. The van der Waals surface area contributed by atoms with Crippen LogP contribution < -0.4 is 0 Å². The molecule has 0 unspecified atom stereocenters. The Balaban J connectivity index is 1.61. The first-order chi connectivity index (χ1) is 15.2. The second-order valence-electron chi connectivity index (χ2n) is 8.04. The molecule has 1 heterocycles. The van der Waals surface area contributed by atoms with Crippen molar-refractivity contribution in [2.75, 3.05) is 26.2 Å². The Hall–Kier alpha value is -2.86. The Bertz CT molecular complexity index is 1050. The van der Waals surface area contributed by atoms with Crippen molar-refractivity contribution in [3.05, 3.63) is 65.7 Å². The quantitative estimate of drug-likeness (QED) is 0.648. The molecular formula is C24H28N2O5S. The molecule has 0 saturated carbocycles. The minimum Gasteiger partial charge on any atom is -0.445 e. The number of rotatable bonds is 7. The first kappa shape index (κ1) is 23.8. The molecule has 0 aromatic heterocycles. The molecule has 1 aliphatic heterocycles. The van der Waals surface area contributed by atoms with Crippen LogP contribution >= 0.6 is 0 Å². The zero-order valence-corrected chi connectivity index (χ0v) is 18.9. The lowest BCUT2D eigenvalue weighted by atomic mass is 9.91. The van der Waals surface area contributed by atoms with E-state index in [0.29, 0.717) is 0 Å². The van der Waals surface area contributed by atoms with E-state index < -0.39 is 21.7 Å². The normalized spacial score (nSPS) is 15.9. The van der Waals surface area contributed by atoms with Crippen LogP contribution in [0.4, 0.5) is 4.79 Å². The molecule has 1 N–H and O–H groups in total. The highest BCUT2D eigenvalue weighted by Crippen LogP contribution is 2.27. The summed E-state index contributed by atoms with van der Waals surface area (Å²) in [7, 11) is -3.86. The van der Waals surface area contributed by atoms with Gasteiger partial charge in [0, 0.05) is 19.6 Å². The molecule has 0 spiro atoms. The number of likely N-dealkylation sites (tertiary alicyclic amines) is 1. The Morgan fingerprint density at radius 1 is 1.16 bits per heavy atom. The fourth-order valence-corrected chi connectivity index (χ4v) is 5.02. The number of sulfonamides is 1. The smallest absolute Gasteiger partial charge is 0.410 e. The molecule has 32 heavy (non-hydrogen) atoms. The summed E-state index contributed by atoms with van der Waals surface area (Å²) in [5.41, 5.74) is 0.545. The van der Waals surface area contributed by atoms with Crippen molar-refractivity contribution in [2.24, 2.45) is 0 Å². The van der Waals surface area contributed by atoms with Gasteiger partial charge in [0.25, 0.3) is 0 Å². The number of nitrogens with zero attached hydrogens (tertiary/aromatic N) is 2. The topological polar surface area (TPSA) is 87.2 Å². The van der Waals surface area contributed by atoms with Crippen molar-refractivity contribution in [2.45, 2.75) is 36.9 Å². The molecule has 1 aliphatic rings. The van der Waals surface area contributed by atoms with E-state index >= 15 is 0 Å². The van der Waals surface area contributed by atoms with Gasteiger partial charge in [0.15, 0.2) is 0 Å². The number of ether oxygens (including phenoxy) is 1. The molecule has 1 amide bonds. The lowest BCUT2D eigenvalue weighted by molar-refractivity contribution is -0.0305. The van der Waals surface area contributed by atoms with Gasteiger partial charge >= 0.3 is 6.09 Å². The molecule has 1 fully saturated rings. The van der Waals surface area contributed by atoms with Gasteiger partial charge in [-0.3, -0.25) is 0 Å². The summed E-state index contributed by atoms with van der Waals surface area (Å²) < 4.78 is 32.6. The lowest BCUT2D eigenvalue weighted by Crippen LogP contribution is -2.53. The number of aliphatic hydroxyl groups is 1. The van der Waals surface area contributed by atoms with Crippen LogP contribution in [0.3, 0.4) is 0 Å². The predicted octanol–water partition coefficient (Wildman–Crippen LogP) is 2.78. The summed E-state index contributed by atoms with van der Waals surface area (Å²) >= 11 is 0. The molecule has 0 bridgehead atoms. The van der Waals surface area contributed by atoms with E-state index in [9.17, 15) is 18.3 Å². The highest BCUT2D eigenvalue weighted by molar-refractivity contribution is 7.89. The molecule has 7 nitrogen and oxygen atoms in total. The average molecular weight is 457 g/mol. The molecule has 0 atom stereocenters. The number of benzene rings is 2. The number of hydrogen-bond donors (Lipinski definition) is 1. The Morgan fingerprint density at radius 3 is 2.38 bits per heavy atom. The maximum absolute atomic E-state index is 13.1. The minimum atomic E-state index is -3.86. The van der Waals surface area contributed by atoms with Crippen LogP contribution in [-0.4, -0.2) is 60.6 Å². The van der Waals surface area contributed by atoms with Gasteiger partial charge < -0.3 is 14.7 Å². The van der Waals surface area contributed by atoms with Gasteiger partial charge in [-0.1, -0.05) is 53.9 Å². The summed E-state index contributed by atoms with van der Waals surface area (Å²) in [6.07, 6.45) is 5.40. The van der Waals surface area contributed by atoms with E-state index in [1.807, 2.05) is 37.3 Å². The van der Waals surface area contributed by atoms with Crippen LogP contribution in [0.5, 0.6) is 0 Å². The summed E-state index contributed by atoms with van der Waals surface area (Å²) in [5.74, 6) is 2.37. The van der Waals surface area contributed by atoms with Gasteiger partial charge in [-0.15, -0.1) is 6.42 Å². The fourth-order valence-electron chi connectivity index (χ4n) is 3.59. The number of terminal acetylenes is 1. The third-order valence-corrected chi connectivity index (χ3v) is 7.36. The zero-order chi connectivity index (χ0) is 23.2.